The molecule has 0 aromatic carbocycles. The minimum Gasteiger partial charge on any atom is -0.385 e. The Hall–Kier alpha value is 0.210. The van der Waals surface area contributed by atoms with Crippen LogP contribution in [0.3, 0.4) is 0 Å². The summed E-state index contributed by atoms with van der Waals surface area (Å²) < 4.78 is 5.05. The zero-order chi connectivity index (χ0) is 11.1. The van der Waals surface area contributed by atoms with Gasteiger partial charge in [0, 0.05) is 25.1 Å². The van der Waals surface area contributed by atoms with Crippen LogP contribution in [-0.2, 0) is 4.74 Å². The lowest BCUT2D eigenvalue weighted by Crippen LogP contribution is -2.50. The first-order valence-electron chi connectivity index (χ1n) is 6.02. The Kier molecular flexibility index (Phi) is 5.95. The topological polar surface area (TPSA) is 21.3 Å². The minimum absolute atomic E-state index is 0.201. The molecular weight excluding hydrogens is 210 g/mol. The molecule has 1 N–H and O–H groups in total. The van der Waals surface area contributed by atoms with E-state index in [2.05, 4.69) is 12.2 Å². The van der Waals surface area contributed by atoms with Crippen LogP contribution in [0.2, 0.25) is 0 Å². The van der Waals surface area contributed by atoms with E-state index in [0.717, 1.165) is 31.4 Å². The Balaban J connectivity index is 2.31. The summed E-state index contributed by atoms with van der Waals surface area (Å²) in [6, 6.07) is 0. The van der Waals surface area contributed by atoms with Gasteiger partial charge in [-0.3, -0.25) is 0 Å². The van der Waals surface area contributed by atoms with Crippen molar-refractivity contribution in [2.24, 2.45) is 5.92 Å². The average molecular weight is 234 g/mol. The van der Waals surface area contributed by atoms with E-state index in [1.807, 2.05) is 0 Å². The quantitative estimate of drug-likeness (QED) is 0.563. The standard InChI is InChI=1S/C12H24ClNO/c1-11-5-3-6-12(9-11,10-13)14-7-4-8-15-2/h11,14H,3-10H2,1-2H3. The second kappa shape index (κ2) is 6.72. The van der Waals surface area contributed by atoms with E-state index in [1.54, 1.807) is 7.11 Å². The van der Waals surface area contributed by atoms with Crippen molar-refractivity contribution in [1.82, 2.24) is 5.32 Å². The van der Waals surface area contributed by atoms with E-state index in [9.17, 15) is 0 Å². The van der Waals surface area contributed by atoms with Gasteiger partial charge in [0.2, 0.25) is 0 Å². The summed E-state index contributed by atoms with van der Waals surface area (Å²) in [4.78, 5) is 0. The molecule has 1 aliphatic carbocycles. The van der Waals surface area contributed by atoms with Crippen LogP contribution in [0.15, 0.2) is 0 Å². The van der Waals surface area contributed by atoms with Crippen LogP contribution in [0.5, 0.6) is 0 Å². The third-order valence-corrected chi connectivity index (χ3v) is 3.88. The Morgan fingerprint density at radius 2 is 2.33 bits per heavy atom. The summed E-state index contributed by atoms with van der Waals surface area (Å²) in [5.41, 5.74) is 0.201. The maximum Gasteiger partial charge on any atom is 0.0474 e. The van der Waals surface area contributed by atoms with Crippen molar-refractivity contribution in [3.8, 4) is 0 Å². The van der Waals surface area contributed by atoms with Gasteiger partial charge in [-0.25, -0.2) is 0 Å². The number of hydrogen-bond acceptors (Lipinski definition) is 2. The molecule has 0 bridgehead atoms. The largest absolute Gasteiger partial charge is 0.385 e. The molecule has 0 heterocycles. The highest BCUT2D eigenvalue weighted by Crippen LogP contribution is 2.33. The Morgan fingerprint density at radius 3 is 2.93 bits per heavy atom. The lowest BCUT2D eigenvalue weighted by molar-refractivity contribution is 0.176. The second-order valence-electron chi connectivity index (χ2n) is 4.89. The summed E-state index contributed by atoms with van der Waals surface area (Å²) >= 11 is 6.12. The van der Waals surface area contributed by atoms with E-state index < -0.39 is 0 Å². The molecule has 1 rings (SSSR count). The minimum atomic E-state index is 0.201. The van der Waals surface area contributed by atoms with Crippen molar-refractivity contribution in [2.75, 3.05) is 26.1 Å². The van der Waals surface area contributed by atoms with Gasteiger partial charge >= 0.3 is 0 Å². The summed E-state index contributed by atoms with van der Waals surface area (Å²) in [6.45, 7) is 4.19. The number of nitrogens with one attached hydrogen (secondary N) is 1. The Bertz CT molecular complexity index is 177. The number of alkyl halides is 1. The predicted octanol–water partition coefficient (Wildman–Crippen LogP) is 2.80. The van der Waals surface area contributed by atoms with Crippen molar-refractivity contribution in [3.05, 3.63) is 0 Å². The first-order valence-corrected chi connectivity index (χ1v) is 6.56. The van der Waals surface area contributed by atoms with E-state index in [4.69, 9.17) is 16.3 Å². The molecule has 2 nitrogen and oxygen atoms in total. The molecule has 1 saturated carbocycles. The van der Waals surface area contributed by atoms with E-state index in [-0.39, 0.29) is 5.54 Å². The number of ether oxygens (including phenoxy) is 1. The normalized spacial score (nSPS) is 31.8. The lowest BCUT2D eigenvalue weighted by Gasteiger charge is -2.39. The fourth-order valence-corrected chi connectivity index (χ4v) is 2.90. The van der Waals surface area contributed by atoms with Gasteiger partial charge in [-0.2, -0.15) is 0 Å². The molecule has 0 aromatic heterocycles. The molecular formula is C12H24ClNO. The molecule has 0 spiro atoms. The summed E-state index contributed by atoms with van der Waals surface area (Å²) in [7, 11) is 1.75. The molecule has 15 heavy (non-hydrogen) atoms. The monoisotopic (exact) mass is 233 g/mol. The predicted molar refractivity (Wildman–Crippen MR) is 65.6 cm³/mol. The van der Waals surface area contributed by atoms with Crippen molar-refractivity contribution in [1.29, 1.82) is 0 Å². The third-order valence-electron chi connectivity index (χ3n) is 3.37. The molecule has 1 fully saturated rings. The lowest BCUT2D eigenvalue weighted by atomic mass is 9.77. The molecule has 0 aliphatic heterocycles. The van der Waals surface area contributed by atoms with Crippen LogP contribution in [0.25, 0.3) is 0 Å². The third kappa shape index (κ3) is 4.29. The molecule has 90 valence electrons. The zero-order valence-electron chi connectivity index (χ0n) is 10.0. The number of hydrogen-bond donors (Lipinski definition) is 1. The molecule has 0 saturated heterocycles. The Labute approximate surface area is 98.7 Å². The van der Waals surface area contributed by atoms with E-state index in [1.165, 1.54) is 25.7 Å². The molecule has 2 atom stereocenters. The fraction of sp³-hybridized carbons (Fsp3) is 1.00. The van der Waals surface area contributed by atoms with Crippen LogP contribution >= 0.6 is 11.6 Å². The Morgan fingerprint density at radius 1 is 1.53 bits per heavy atom. The van der Waals surface area contributed by atoms with Gasteiger partial charge in [-0.15, -0.1) is 11.6 Å². The van der Waals surface area contributed by atoms with Gasteiger partial charge in [0.25, 0.3) is 0 Å². The summed E-state index contributed by atoms with van der Waals surface area (Å²) in [5, 5.41) is 3.64. The molecule has 0 amide bonds. The van der Waals surface area contributed by atoms with Crippen LogP contribution in [0, 0.1) is 5.92 Å². The first-order chi connectivity index (χ1) is 7.22. The molecule has 2 unspecified atom stereocenters. The van der Waals surface area contributed by atoms with E-state index in [0.29, 0.717) is 0 Å². The zero-order valence-corrected chi connectivity index (χ0v) is 10.8. The van der Waals surface area contributed by atoms with Crippen LogP contribution in [0.1, 0.15) is 39.0 Å². The first kappa shape index (κ1) is 13.3. The fourth-order valence-electron chi connectivity index (χ4n) is 2.56. The maximum atomic E-state index is 6.12. The van der Waals surface area contributed by atoms with Crippen LogP contribution < -0.4 is 5.32 Å². The van der Waals surface area contributed by atoms with Crippen molar-refractivity contribution >= 4 is 11.6 Å². The van der Waals surface area contributed by atoms with Crippen molar-refractivity contribution in [2.45, 2.75) is 44.6 Å². The van der Waals surface area contributed by atoms with E-state index >= 15 is 0 Å². The molecule has 3 heteroatoms. The van der Waals surface area contributed by atoms with Gasteiger partial charge in [-0.05, 0) is 31.7 Å². The molecule has 1 aliphatic rings. The van der Waals surface area contributed by atoms with Gasteiger partial charge < -0.3 is 10.1 Å². The number of rotatable bonds is 6. The van der Waals surface area contributed by atoms with Gasteiger partial charge in [0.1, 0.15) is 0 Å². The summed E-state index contributed by atoms with van der Waals surface area (Å²) in [5.74, 6) is 1.55. The van der Waals surface area contributed by atoms with Gasteiger partial charge in [0.15, 0.2) is 0 Å². The highest BCUT2D eigenvalue weighted by atomic mass is 35.5. The number of methoxy groups -OCH3 is 1. The van der Waals surface area contributed by atoms with Crippen molar-refractivity contribution in [3.63, 3.8) is 0 Å². The average Bonchev–Trinajstić information content (AvgIpc) is 2.25. The SMILES string of the molecule is COCCCNC1(CCl)CCCC(C)C1. The van der Waals surface area contributed by atoms with Crippen LogP contribution in [0.4, 0.5) is 0 Å². The van der Waals surface area contributed by atoms with Crippen molar-refractivity contribution < 1.29 is 4.74 Å². The molecule has 0 aromatic rings. The highest BCUT2D eigenvalue weighted by Gasteiger charge is 2.33. The van der Waals surface area contributed by atoms with Gasteiger partial charge in [-0.1, -0.05) is 19.8 Å². The highest BCUT2D eigenvalue weighted by molar-refractivity contribution is 6.18. The second-order valence-corrected chi connectivity index (χ2v) is 5.16. The summed E-state index contributed by atoms with van der Waals surface area (Å²) in [6.07, 6.45) is 6.20. The molecule has 0 radical (unpaired) electrons. The maximum absolute atomic E-state index is 6.12. The van der Waals surface area contributed by atoms with Gasteiger partial charge in [0.05, 0.1) is 0 Å². The smallest absolute Gasteiger partial charge is 0.0474 e. The van der Waals surface area contributed by atoms with Crippen LogP contribution in [-0.4, -0.2) is 31.7 Å². The number of halogens is 1.